The third kappa shape index (κ3) is 5.19. The van der Waals surface area contributed by atoms with Crippen molar-refractivity contribution in [2.45, 2.75) is 50.3 Å². The Morgan fingerprint density at radius 2 is 1.79 bits per heavy atom. The maximum absolute atomic E-state index is 12.8. The smallest absolute Gasteiger partial charge is 0.243 e. The van der Waals surface area contributed by atoms with Crippen LogP contribution in [0.4, 0.5) is 0 Å². The average Bonchev–Trinajstić information content (AvgIpc) is 2.59. The van der Waals surface area contributed by atoms with Crippen LogP contribution in [0.2, 0.25) is 0 Å². The van der Waals surface area contributed by atoms with Gasteiger partial charge in [-0.3, -0.25) is 0 Å². The van der Waals surface area contributed by atoms with Gasteiger partial charge in [0.2, 0.25) is 10.0 Å². The minimum absolute atomic E-state index is 0. The minimum atomic E-state index is -3.34. The molecule has 1 aromatic rings. The number of sulfonamides is 1. The first-order valence-electron chi connectivity index (χ1n) is 8.73. The summed E-state index contributed by atoms with van der Waals surface area (Å²) < 4.78 is 27.2. The van der Waals surface area contributed by atoms with Gasteiger partial charge in [0.15, 0.2) is 0 Å². The lowest BCUT2D eigenvalue weighted by Crippen LogP contribution is -2.38. The van der Waals surface area contributed by atoms with Crippen molar-refractivity contribution in [1.29, 1.82) is 0 Å². The van der Waals surface area contributed by atoms with Crippen LogP contribution in [0.1, 0.15) is 51.0 Å². The van der Waals surface area contributed by atoms with Crippen molar-refractivity contribution in [2.24, 2.45) is 5.92 Å². The first-order valence-corrected chi connectivity index (χ1v) is 10.2. The van der Waals surface area contributed by atoms with Gasteiger partial charge < -0.3 is 5.32 Å². The molecule has 6 heteroatoms. The highest BCUT2D eigenvalue weighted by Crippen LogP contribution is 2.26. The van der Waals surface area contributed by atoms with Gasteiger partial charge in [0, 0.05) is 13.1 Å². The Morgan fingerprint density at radius 1 is 1.21 bits per heavy atom. The van der Waals surface area contributed by atoms with Crippen molar-refractivity contribution in [3.63, 3.8) is 0 Å². The number of halogens is 1. The molecule has 138 valence electrons. The van der Waals surface area contributed by atoms with Crippen LogP contribution in [-0.4, -0.2) is 39.4 Å². The fourth-order valence-electron chi connectivity index (χ4n) is 3.14. The van der Waals surface area contributed by atoms with Gasteiger partial charge in [-0.05, 0) is 68.8 Å². The molecular weight excluding hydrogens is 344 g/mol. The second kappa shape index (κ2) is 9.76. The zero-order valence-corrected chi connectivity index (χ0v) is 16.6. The summed E-state index contributed by atoms with van der Waals surface area (Å²) in [5, 5.41) is 3.17. The highest BCUT2D eigenvalue weighted by atomic mass is 35.5. The first kappa shape index (κ1) is 21.4. The summed E-state index contributed by atoms with van der Waals surface area (Å²) in [4.78, 5) is 0.429. The highest BCUT2D eigenvalue weighted by Gasteiger charge is 2.29. The maximum Gasteiger partial charge on any atom is 0.243 e. The van der Waals surface area contributed by atoms with Crippen molar-refractivity contribution in [2.75, 3.05) is 26.7 Å². The average molecular weight is 375 g/mol. The quantitative estimate of drug-likeness (QED) is 0.792. The lowest BCUT2D eigenvalue weighted by molar-refractivity contribution is 0.263. The van der Waals surface area contributed by atoms with E-state index in [9.17, 15) is 8.42 Å². The van der Waals surface area contributed by atoms with E-state index in [1.54, 1.807) is 16.4 Å². The molecule has 1 aromatic carbocycles. The summed E-state index contributed by atoms with van der Waals surface area (Å²) in [6.07, 6.45) is 4.12. The van der Waals surface area contributed by atoms with E-state index in [0.717, 1.165) is 32.2 Å². The summed E-state index contributed by atoms with van der Waals surface area (Å²) in [6.45, 7) is 6.61. The lowest BCUT2D eigenvalue weighted by atomic mass is 9.95. The molecule has 1 saturated heterocycles. The molecule has 1 aliphatic rings. The molecule has 1 heterocycles. The van der Waals surface area contributed by atoms with Crippen molar-refractivity contribution in [1.82, 2.24) is 9.62 Å². The first-order chi connectivity index (χ1) is 11.0. The number of benzene rings is 1. The molecule has 0 radical (unpaired) electrons. The maximum atomic E-state index is 12.8. The van der Waals surface area contributed by atoms with E-state index in [-0.39, 0.29) is 12.4 Å². The molecule has 0 bridgehead atoms. The molecule has 2 rings (SSSR count). The fraction of sp³-hybridized carbons (Fsp3) is 0.667. The number of hydrogen-bond donors (Lipinski definition) is 1. The summed E-state index contributed by atoms with van der Waals surface area (Å²) in [5.41, 5.74) is 1.21. The Kier molecular flexibility index (Phi) is 8.71. The summed E-state index contributed by atoms with van der Waals surface area (Å²) in [7, 11) is -1.38. The fourth-order valence-corrected chi connectivity index (χ4v) is 4.61. The van der Waals surface area contributed by atoms with Crippen LogP contribution < -0.4 is 5.32 Å². The van der Waals surface area contributed by atoms with E-state index in [4.69, 9.17) is 0 Å². The van der Waals surface area contributed by atoms with Crippen LogP contribution in [0.15, 0.2) is 29.2 Å². The normalized spacial score (nSPS) is 18.1. The van der Waals surface area contributed by atoms with E-state index in [2.05, 4.69) is 19.2 Å². The number of hydrogen-bond acceptors (Lipinski definition) is 3. The largest absolute Gasteiger partial charge is 0.320 e. The molecule has 24 heavy (non-hydrogen) atoms. The Labute approximate surface area is 153 Å². The van der Waals surface area contributed by atoms with E-state index < -0.39 is 10.0 Å². The van der Waals surface area contributed by atoms with Crippen molar-refractivity contribution in [3.8, 4) is 0 Å². The van der Waals surface area contributed by atoms with E-state index in [1.165, 1.54) is 5.56 Å². The molecule has 0 saturated carbocycles. The Hall–Kier alpha value is -0.620. The molecule has 1 unspecified atom stereocenters. The van der Waals surface area contributed by atoms with Gasteiger partial charge in [0.05, 0.1) is 4.90 Å². The van der Waals surface area contributed by atoms with Crippen LogP contribution in [0, 0.1) is 5.92 Å². The number of rotatable bonds is 7. The van der Waals surface area contributed by atoms with Crippen LogP contribution >= 0.6 is 12.4 Å². The minimum Gasteiger partial charge on any atom is -0.320 e. The lowest BCUT2D eigenvalue weighted by Gasteiger charge is -2.31. The van der Waals surface area contributed by atoms with Gasteiger partial charge >= 0.3 is 0 Å². The van der Waals surface area contributed by atoms with Gasteiger partial charge in [-0.2, -0.15) is 4.31 Å². The Balaban J connectivity index is 0.00000288. The predicted octanol–water partition coefficient (Wildman–Crippen LogP) is 3.63. The monoisotopic (exact) mass is 374 g/mol. The summed E-state index contributed by atoms with van der Waals surface area (Å²) in [5.74, 6) is 1.11. The van der Waals surface area contributed by atoms with Gasteiger partial charge in [-0.15, -0.1) is 12.4 Å². The van der Waals surface area contributed by atoms with Gasteiger partial charge in [-0.1, -0.05) is 26.0 Å². The molecule has 0 aliphatic carbocycles. The zero-order valence-electron chi connectivity index (χ0n) is 15.0. The Bertz CT molecular complexity index is 582. The van der Waals surface area contributed by atoms with Crippen molar-refractivity contribution >= 4 is 22.4 Å². The highest BCUT2D eigenvalue weighted by molar-refractivity contribution is 7.89. The second-order valence-corrected chi connectivity index (χ2v) is 8.56. The topological polar surface area (TPSA) is 49.4 Å². The van der Waals surface area contributed by atoms with Crippen LogP contribution in [0.5, 0.6) is 0 Å². The molecule has 1 fully saturated rings. The zero-order chi connectivity index (χ0) is 16.9. The number of piperidine rings is 1. The Morgan fingerprint density at radius 3 is 2.29 bits per heavy atom. The van der Waals surface area contributed by atoms with Crippen LogP contribution in [0.25, 0.3) is 0 Å². The number of nitrogens with zero attached hydrogens (tertiary/aromatic N) is 1. The number of nitrogens with one attached hydrogen (secondary N) is 1. The SMILES string of the molecule is CCC(C)c1ccc(S(=O)(=O)N2CCC(CCNC)CC2)cc1.Cl. The third-order valence-corrected chi connectivity index (χ3v) is 6.99. The van der Waals surface area contributed by atoms with Crippen LogP contribution in [-0.2, 0) is 10.0 Å². The van der Waals surface area contributed by atoms with E-state index in [0.29, 0.717) is 29.8 Å². The third-order valence-electron chi connectivity index (χ3n) is 5.08. The van der Waals surface area contributed by atoms with Crippen molar-refractivity contribution in [3.05, 3.63) is 29.8 Å². The second-order valence-electron chi connectivity index (χ2n) is 6.62. The van der Waals surface area contributed by atoms with Gasteiger partial charge in [0.25, 0.3) is 0 Å². The standard InChI is InChI=1S/C18H30N2O2S.ClH/c1-4-15(2)17-5-7-18(8-6-17)23(21,22)20-13-10-16(11-14-20)9-12-19-3;/h5-8,15-16,19H,4,9-14H2,1-3H3;1H. The van der Waals surface area contributed by atoms with Gasteiger partial charge in [-0.25, -0.2) is 8.42 Å². The van der Waals surface area contributed by atoms with Gasteiger partial charge in [0.1, 0.15) is 0 Å². The molecule has 0 spiro atoms. The summed E-state index contributed by atoms with van der Waals surface area (Å²) in [6, 6.07) is 7.45. The molecular formula is C18H31ClN2O2S. The van der Waals surface area contributed by atoms with E-state index >= 15 is 0 Å². The predicted molar refractivity (Wildman–Crippen MR) is 102 cm³/mol. The van der Waals surface area contributed by atoms with Crippen molar-refractivity contribution < 1.29 is 8.42 Å². The molecule has 1 atom stereocenters. The molecule has 1 aliphatic heterocycles. The molecule has 1 N–H and O–H groups in total. The van der Waals surface area contributed by atoms with E-state index in [1.807, 2.05) is 19.2 Å². The summed E-state index contributed by atoms with van der Waals surface area (Å²) >= 11 is 0. The molecule has 4 nitrogen and oxygen atoms in total. The molecule has 0 aromatic heterocycles. The van der Waals surface area contributed by atoms with Crippen LogP contribution in [0.3, 0.4) is 0 Å². The molecule has 0 amide bonds.